The standard InChI is InChI=1S/C22H40/c1-8-14-9-15-11-18(14)20-17(13-22(5,6)7)10-16(19(15)20)12-21(2,3)4/h14-20H,8-13H2,1-7H3. The van der Waals surface area contributed by atoms with Crippen LogP contribution in [-0.2, 0) is 0 Å². The van der Waals surface area contributed by atoms with Gasteiger partial charge in [-0.25, -0.2) is 0 Å². The van der Waals surface area contributed by atoms with Crippen LogP contribution in [-0.4, -0.2) is 0 Å². The van der Waals surface area contributed by atoms with Crippen molar-refractivity contribution in [2.24, 2.45) is 52.3 Å². The third-order valence-electron chi connectivity index (χ3n) is 7.24. The Balaban J connectivity index is 1.81. The van der Waals surface area contributed by atoms with Crippen molar-refractivity contribution in [2.75, 3.05) is 0 Å². The molecular weight excluding hydrogens is 264 g/mol. The first-order valence-electron chi connectivity index (χ1n) is 10.1. The Labute approximate surface area is 139 Å². The van der Waals surface area contributed by atoms with Gasteiger partial charge in [0.1, 0.15) is 0 Å². The van der Waals surface area contributed by atoms with E-state index in [2.05, 4.69) is 48.5 Å². The van der Waals surface area contributed by atoms with Crippen molar-refractivity contribution >= 4 is 0 Å². The number of hydrogen-bond donors (Lipinski definition) is 0. The van der Waals surface area contributed by atoms with Crippen LogP contribution in [0.25, 0.3) is 0 Å². The summed E-state index contributed by atoms with van der Waals surface area (Å²) in [4.78, 5) is 0. The fourth-order valence-electron chi connectivity index (χ4n) is 7.13. The van der Waals surface area contributed by atoms with Crippen molar-refractivity contribution in [3.05, 3.63) is 0 Å². The Kier molecular flexibility index (Phi) is 4.23. The second-order valence-corrected chi connectivity index (χ2v) is 11.5. The third-order valence-corrected chi connectivity index (χ3v) is 7.24. The van der Waals surface area contributed by atoms with Gasteiger partial charge in [0.25, 0.3) is 0 Å². The topological polar surface area (TPSA) is 0 Å². The molecule has 0 heterocycles. The summed E-state index contributed by atoms with van der Waals surface area (Å²) in [5.41, 5.74) is 1.02. The lowest BCUT2D eigenvalue weighted by molar-refractivity contribution is 0.108. The summed E-state index contributed by atoms with van der Waals surface area (Å²) >= 11 is 0. The van der Waals surface area contributed by atoms with E-state index >= 15 is 0 Å². The molecule has 0 aromatic rings. The van der Waals surface area contributed by atoms with E-state index in [9.17, 15) is 0 Å². The normalized spacial score (nSPS) is 44.6. The van der Waals surface area contributed by atoms with Gasteiger partial charge >= 0.3 is 0 Å². The van der Waals surface area contributed by atoms with E-state index in [1.54, 1.807) is 19.3 Å². The molecule has 3 saturated carbocycles. The molecule has 3 aliphatic carbocycles. The Hall–Kier alpha value is 0. The van der Waals surface area contributed by atoms with E-state index in [1.165, 1.54) is 19.3 Å². The summed E-state index contributed by atoms with van der Waals surface area (Å²) in [6.45, 7) is 17.2. The van der Waals surface area contributed by atoms with Gasteiger partial charge in [-0.3, -0.25) is 0 Å². The van der Waals surface area contributed by atoms with Gasteiger partial charge < -0.3 is 0 Å². The van der Waals surface area contributed by atoms with Crippen LogP contribution < -0.4 is 0 Å². The number of fused-ring (bicyclic) bond motifs is 5. The van der Waals surface area contributed by atoms with Crippen molar-refractivity contribution in [2.45, 2.75) is 87.0 Å². The molecule has 0 aromatic carbocycles. The van der Waals surface area contributed by atoms with Crippen LogP contribution in [0.1, 0.15) is 87.0 Å². The highest BCUT2D eigenvalue weighted by molar-refractivity contribution is 5.08. The molecule has 7 atom stereocenters. The maximum absolute atomic E-state index is 2.46. The predicted octanol–water partition coefficient (Wildman–Crippen LogP) is 6.79. The van der Waals surface area contributed by atoms with Crippen molar-refractivity contribution in [1.82, 2.24) is 0 Å². The van der Waals surface area contributed by atoms with Crippen LogP contribution >= 0.6 is 0 Å². The maximum atomic E-state index is 2.46. The molecule has 22 heavy (non-hydrogen) atoms. The van der Waals surface area contributed by atoms with Gasteiger partial charge in [0, 0.05) is 0 Å². The van der Waals surface area contributed by atoms with E-state index in [0.29, 0.717) is 10.8 Å². The molecule has 3 aliphatic rings. The second-order valence-electron chi connectivity index (χ2n) is 11.5. The first kappa shape index (κ1) is 16.8. The minimum Gasteiger partial charge on any atom is -0.0651 e. The summed E-state index contributed by atoms with van der Waals surface area (Å²) in [6, 6.07) is 0. The Morgan fingerprint density at radius 3 is 1.73 bits per heavy atom. The molecule has 0 aromatic heterocycles. The van der Waals surface area contributed by atoms with Gasteiger partial charge in [-0.2, -0.15) is 0 Å². The molecule has 0 nitrogen and oxygen atoms in total. The van der Waals surface area contributed by atoms with Gasteiger partial charge in [-0.05, 0) is 84.4 Å². The highest BCUT2D eigenvalue weighted by atomic mass is 14.6. The fourth-order valence-corrected chi connectivity index (χ4v) is 7.13. The van der Waals surface area contributed by atoms with Gasteiger partial charge in [-0.1, -0.05) is 54.9 Å². The van der Waals surface area contributed by atoms with E-state index in [1.807, 2.05) is 0 Å². The van der Waals surface area contributed by atoms with Crippen LogP contribution in [0.5, 0.6) is 0 Å². The SMILES string of the molecule is CCC1CC2CC1C1C(CC(C)(C)C)CC(CC(C)(C)C)C21. The average Bonchev–Trinajstić information content (AvgIpc) is 2.97. The van der Waals surface area contributed by atoms with Crippen LogP contribution in [0.4, 0.5) is 0 Å². The molecule has 0 spiro atoms. The molecule has 0 radical (unpaired) electrons. The van der Waals surface area contributed by atoms with Gasteiger partial charge in [-0.15, -0.1) is 0 Å². The summed E-state index contributed by atoms with van der Waals surface area (Å²) in [7, 11) is 0. The summed E-state index contributed by atoms with van der Waals surface area (Å²) < 4.78 is 0. The first-order valence-corrected chi connectivity index (χ1v) is 10.1. The quantitative estimate of drug-likeness (QED) is 0.538. The van der Waals surface area contributed by atoms with Crippen LogP contribution in [0, 0.1) is 52.3 Å². The van der Waals surface area contributed by atoms with Gasteiger partial charge in [0.05, 0.1) is 0 Å². The minimum atomic E-state index is 0.509. The lowest BCUT2D eigenvalue weighted by Gasteiger charge is -2.38. The zero-order valence-corrected chi connectivity index (χ0v) is 16.3. The first-order chi connectivity index (χ1) is 10.1. The Morgan fingerprint density at radius 2 is 1.23 bits per heavy atom. The van der Waals surface area contributed by atoms with Crippen LogP contribution in [0.3, 0.4) is 0 Å². The van der Waals surface area contributed by atoms with Crippen molar-refractivity contribution in [3.63, 3.8) is 0 Å². The molecule has 3 rings (SSSR count). The summed E-state index contributed by atoms with van der Waals surface area (Å²) in [6.07, 6.45) is 9.09. The molecule has 0 heteroatoms. The van der Waals surface area contributed by atoms with Gasteiger partial charge in [0.2, 0.25) is 0 Å². The van der Waals surface area contributed by atoms with E-state index < -0.39 is 0 Å². The predicted molar refractivity (Wildman–Crippen MR) is 96.7 cm³/mol. The number of hydrogen-bond acceptors (Lipinski definition) is 0. The fraction of sp³-hybridized carbons (Fsp3) is 1.00. The summed E-state index contributed by atoms with van der Waals surface area (Å²) in [5.74, 6) is 7.51. The number of rotatable bonds is 3. The lowest BCUT2D eigenvalue weighted by Crippen LogP contribution is -2.31. The third kappa shape index (κ3) is 3.13. The smallest absolute Gasteiger partial charge is 0.0321 e. The van der Waals surface area contributed by atoms with Crippen molar-refractivity contribution in [3.8, 4) is 0 Å². The Morgan fingerprint density at radius 1 is 0.682 bits per heavy atom. The second kappa shape index (κ2) is 5.52. The van der Waals surface area contributed by atoms with Crippen molar-refractivity contribution < 1.29 is 0 Å². The lowest BCUT2D eigenvalue weighted by atomic mass is 9.67. The van der Waals surface area contributed by atoms with E-state index in [4.69, 9.17) is 0 Å². The summed E-state index contributed by atoms with van der Waals surface area (Å²) in [5, 5.41) is 0. The zero-order chi connectivity index (χ0) is 16.3. The Bertz CT molecular complexity index is 393. The zero-order valence-electron chi connectivity index (χ0n) is 16.3. The molecule has 2 bridgehead atoms. The molecule has 0 N–H and O–H groups in total. The largest absolute Gasteiger partial charge is 0.0651 e. The minimum absolute atomic E-state index is 0.509. The highest BCUT2D eigenvalue weighted by Gasteiger charge is 2.60. The monoisotopic (exact) mass is 304 g/mol. The van der Waals surface area contributed by atoms with E-state index in [0.717, 1.165) is 41.4 Å². The molecule has 3 fully saturated rings. The van der Waals surface area contributed by atoms with Crippen LogP contribution in [0.2, 0.25) is 0 Å². The van der Waals surface area contributed by atoms with Gasteiger partial charge in [0.15, 0.2) is 0 Å². The molecule has 0 aliphatic heterocycles. The van der Waals surface area contributed by atoms with Crippen molar-refractivity contribution in [1.29, 1.82) is 0 Å². The highest BCUT2D eigenvalue weighted by Crippen LogP contribution is 2.67. The molecule has 128 valence electrons. The maximum Gasteiger partial charge on any atom is -0.0321 e. The van der Waals surface area contributed by atoms with Crippen LogP contribution in [0.15, 0.2) is 0 Å². The molecule has 0 saturated heterocycles. The van der Waals surface area contributed by atoms with E-state index in [-0.39, 0.29) is 0 Å². The molecule has 0 amide bonds. The molecular formula is C22H40. The molecule has 7 unspecified atom stereocenters. The average molecular weight is 305 g/mol.